The van der Waals surface area contributed by atoms with Gasteiger partial charge in [-0.15, -0.1) is 12.1 Å². The Hall–Kier alpha value is -1.67. The van der Waals surface area contributed by atoms with Gasteiger partial charge in [-0.2, -0.15) is 0 Å². The summed E-state index contributed by atoms with van der Waals surface area (Å²) in [6.45, 7) is 6.26. The Kier molecular flexibility index (Phi) is 2.45. The molecule has 0 spiro atoms. The van der Waals surface area contributed by atoms with E-state index in [1.54, 1.807) is 11.8 Å². The Bertz CT molecular complexity index is 589. The SMILES string of the molecule is C=[N+]1c2ccccc2S[C-]1c1cccc(C)c1. The summed E-state index contributed by atoms with van der Waals surface area (Å²) in [7, 11) is 0. The van der Waals surface area contributed by atoms with Crippen LogP contribution in [0.5, 0.6) is 0 Å². The molecule has 1 aliphatic rings. The van der Waals surface area contributed by atoms with Gasteiger partial charge in [-0.3, -0.25) is 4.58 Å². The van der Waals surface area contributed by atoms with Gasteiger partial charge in [-0.05, 0) is 24.6 Å². The minimum Gasteiger partial charge on any atom is -0.257 e. The van der Waals surface area contributed by atoms with Gasteiger partial charge in [0.1, 0.15) is 0 Å². The monoisotopic (exact) mass is 239 g/mol. The lowest BCUT2D eigenvalue weighted by Crippen LogP contribution is -2.05. The maximum Gasteiger partial charge on any atom is 0.179 e. The zero-order valence-electron chi connectivity index (χ0n) is 9.68. The van der Waals surface area contributed by atoms with E-state index in [4.69, 9.17) is 0 Å². The lowest BCUT2D eigenvalue weighted by Gasteiger charge is -2.12. The first-order chi connectivity index (χ1) is 8.25. The normalized spacial score (nSPS) is 13.9. The Morgan fingerprint density at radius 2 is 1.94 bits per heavy atom. The molecule has 84 valence electrons. The first-order valence-electron chi connectivity index (χ1n) is 5.57. The number of fused-ring (bicyclic) bond motifs is 1. The van der Waals surface area contributed by atoms with E-state index in [0.717, 1.165) is 0 Å². The number of rotatable bonds is 1. The highest BCUT2D eigenvalue weighted by molar-refractivity contribution is 8.02. The highest BCUT2D eigenvalue weighted by Crippen LogP contribution is 2.48. The van der Waals surface area contributed by atoms with Crippen LogP contribution in [0.25, 0.3) is 0 Å². The maximum absolute atomic E-state index is 4.14. The number of nitrogens with zero attached hydrogens (tertiary/aromatic N) is 1. The topological polar surface area (TPSA) is 3.01 Å². The van der Waals surface area contributed by atoms with Crippen LogP contribution in [0.2, 0.25) is 0 Å². The maximum atomic E-state index is 4.14. The number of thioether (sulfide) groups is 1. The summed E-state index contributed by atoms with van der Waals surface area (Å²) >= 11 is 1.79. The van der Waals surface area contributed by atoms with Gasteiger partial charge < -0.3 is 0 Å². The van der Waals surface area contributed by atoms with Crippen molar-refractivity contribution >= 4 is 24.2 Å². The van der Waals surface area contributed by atoms with E-state index in [2.05, 4.69) is 62.2 Å². The summed E-state index contributed by atoms with van der Waals surface area (Å²) in [4.78, 5) is 1.28. The van der Waals surface area contributed by atoms with Crippen LogP contribution in [0.15, 0.2) is 53.4 Å². The third-order valence-electron chi connectivity index (χ3n) is 2.87. The van der Waals surface area contributed by atoms with Crippen LogP contribution in [0.1, 0.15) is 11.1 Å². The Morgan fingerprint density at radius 1 is 1.12 bits per heavy atom. The van der Waals surface area contributed by atoms with Crippen molar-refractivity contribution in [1.29, 1.82) is 0 Å². The van der Waals surface area contributed by atoms with Crippen LogP contribution in [-0.4, -0.2) is 11.3 Å². The smallest absolute Gasteiger partial charge is 0.179 e. The van der Waals surface area contributed by atoms with E-state index < -0.39 is 0 Å². The molecule has 0 aliphatic carbocycles. The molecule has 0 amide bonds. The van der Waals surface area contributed by atoms with Crippen molar-refractivity contribution in [2.45, 2.75) is 11.8 Å². The molecule has 0 N–H and O–H groups in total. The first kappa shape index (κ1) is 10.5. The second-order valence-corrected chi connectivity index (χ2v) is 5.20. The molecule has 17 heavy (non-hydrogen) atoms. The zero-order chi connectivity index (χ0) is 11.8. The molecule has 3 rings (SSSR count). The number of aryl methyl sites for hydroxylation is 1. The second-order valence-electron chi connectivity index (χ2n) is 4.17. The highest BCUT2D eigenvalue weighted by atomic mass is 32.2. The fourth-order valence-corrected chi connectivity index (χ4v) is 3.12. The van der Waals surface area contributed by atoms with Crippen molar-refractivity contribution in [1.82, 2.24) is 0 Å². The molecular weight excluding hydrogens is 226 g/mol. The molecule has 1 aliphatic heterocycles. The molecule has 0 fully saturated rings. The molecule has 0 unspecified atom stereocenters. The third kappa shape index (κ3) is 1.75. The third-order valence-corrected chi connectivity index (χ3v) is 4.09. The second kappa shape index (κ2) is 3.97. The summed E-state index contributed by atoms with van der Waals surface area (Å²) < 4.78 is 2.02. The standard InChI is InChI=1S/C15H13NS/c1-11-6-5-7-12(10-11)15-16(2)13-8-3-4-9-14(13)17-15/h3-10H,2H2,1H3. The number of hydrogen-bond acceptors (Lipinski definition) is 1. The Balaban J connectivity index is 2.02. The molecule has 0 saturated heterocycles. The predicted octanol–water partition coefficient (Wildman–Crippen LogP) is 3.98. The fraction of sp³-hybridized carbons (Fsp3) is 0.0667. The average molecular weight is 239 g/mol. The van der Waals surface area contributed by atoms with Crippen LogP contribution in [0.4, 0.5) is 5.69 Å². The molecule has 1 heterocycles. The number of benzene rings is 2. The Labute approximate surface area is 106 Å². The summed E-state index contributed by atoms with van der Waals surface area (Å²) in [5.74, 6) is 0. The minimum absolute atomic E-state index is 1.19. The average Bonchev–Trinajstić information content (AvgIpc) is 2.68. The molecule has 1 nitrogen and oxygen atoms in total. The lowest BCUT2D eigenvalue weighted by molar-refractivity contribution is -0.386. The summed E-state index contributed by atoms with van der Waals surface area (Å²) in [6, 6.07) is 16.9. The van der Waals surface area contributed by atoms with Gasteiger partial charge in [-0.25, -0.2) is 0 Å². The van der Waals surface area contributed by atoms with Gasteiger partial charge in [0.2, 0.25) is 0 Å². The number of hydrogen-bond donors (Lipinski definition) is 0. The number of para-hydroxylation sites is 1. The molecular formula is C15H13NS. The summed E-state index contributed by atoms with van der Waals surface area (Å²) in [5, 5.41) is 1.20. The van der Waals surface area contributed by atoms with E-state index in [1.807, 2.05) is 4.58 Å². The summed E-state index contributed by atoms with van der Waals surface area (Å²) in [6.07, 6.45) is 0. The van der Waals surface area contributed by atoms with E-state index in [1.165, 1.54) is 27.1 Å². The van der Waals surface area contributed by atoms with Crippen molar-refractivity contribution in [2.24, 2.45) is 0 Å². The fourth-order valence-electron chi connectivity index (χ4n) is 2.03. The molecule has 0 radical (unpaired) electrons. The first-order valence-corrected chi connectivity index (χ1v) is 6.39. The van der Waals surface area contributed by atoms with Crippen molar-refractivity contribution in [3.05, 3.63) is 65.0 Å². The largest absolute Gasteiger partial charge is 0.257 e. The van der Waals surface area contributed by atoms with Crippen LogP contribution < -0.4 is 0 Å². The van der Waals surface area contributed by atoms with Gasteiger partial charge in [0, 0.05) is 4.90 Å². The molecule has 2 aromatic rings. The van der Waals surface area contributed by atoms with Gasteiger partial charge in [0.25, 0.3) is 0 Å². The van der Waals surface area contributed by atoms with Crippen molar-refractivity contribution in [2.75, 3.05) is 0 Å². The van der Waals surface area contributed by atoms with Gasteiger partial charge in [0.15, 0.2) is 11.1 Å². The van der Waals surface area contributed by atoms with E-state index >= 15 is 0 Å². The van der Waals surface area contributed by atoms with E-state index in [0.29, 0.717) is 0 Å². The van der Waals surface area contributed by atoms with Crippen LogP contribution >= 0.6 is 11.8 Å². The van der Waals surface area contributed by atoms with Crippen molar-refractivity contribution in [3.8, 4) is 0 Å². The zero-order valence-corrected chi connectivity index (χ0v) is 10.5. The van der Waals surface area contributed by atoms with Crippen LogP contribution in [0.3, 0.4) is 0 Å². The van der Waals surface area contributed by atoms with Crippen LogP contribution in [0, 0.1) is 12.3 Å². The minimum atomic E-state index is 1.19. The Morgan fingerprint density at radius 3 is 2.71 bits per heavy atom. The van der Waals surface area contributed by atoms with Crippen molar-refractivity contribution < 1.29 is 4.58 Å². The van der Waals surface area contributed by atoms with E-state index in [9.17, 15) is 0 Å². The predicted molar refractivity (Wildman–Crippen MR) is 72.9 cm³/mol. The quantitative estimate of drug-likeness (QED) is 0.537. The van der Waals surface area contributed by atoms with Gasteiger partial charge in [0.05, 0.1) is 6.72 Å². The molecule has 0 aromatic heterocycles. The molecule has 0 atom stereocenters. The lowest BCUT2D eigenvalue weighted by atomic mass is 10.1. The molecule has 0 saturated carbocycles. The van der Waals surface area contributed by atoms with E-state index in [-0.39, 0.29) is 0 Å². The molecule has 2 heteroatoms. The highest BCUT2D eigenvalue weighted by Gasteiger charge is 2.29. The summed E-state index contributed by atoms with van der Waals surface area (Å²) in [5.41, 5.74) is 3.70. The molecule has 0 bridgehead atoms. The van der Waals surface area contributed by atoms with Crippen LogP contribution in [-0.2, 0) is 0 Å². The van der Waals surface area contributed by atoms with Gasteiger partial charge >= 0.3 is 0 Å². The van der Waals surface area contributed by atoms with Crippen molar-refractivity contribution in [3.63, 3.8) is 0 Å². The molecule has 2 aromatic carbocycles. The van der Waals surface area contributed by atoms with Gasteiger partial charge in [-0.1, -0.05) is 41.6 Å².